The van der Waals surface area contributed by atoms with Crippen LogP contribution in [0.25, 0.3) is 0 Å². The quantitative estimate of drug-likeness (QED) is 0.876. The van der Waals surface area contributed by atoms with E-state index >= 15 is 0 Å². The Morgan fingerprint density at radius 3 is 2.11 bits per heavy atom. The number of aryl methyl sites for hydroxylation is 3. The first kappa shape index (κ1) is 19.4. The molecule has 0 bridgehead atoms. The molecule has 0 spiro atoms. The molecule has 2 aromatic rings. The number of benzene rings is 2. The van der Waals surface area contributed by atoms with Crippen molar-refractivity contribution in [1.82, 2.24) is 9.21 Å². The number of carbonyl (C=O) groups is 1. The number of hydrogen-bond acceptors (Lipinski definition) is 4. The second-order valence-corrected chi connectivity index (χ2v) is 8.89. The van der Waals surface area contributed by atoms with Gasteiger partial charge in [0.25, 0.3) is 5.91 Å². The monoisotopic (exact) mass is 388 g/mol. The maximum atomic E-state index is 12.9. The fourth-order valence-electron chi connectivity index (χ4n) is 3.35. The molecule has 27 heavy (non-hydrogen) atoms. The predicted octanol–water partition coefficient (Wildman–Crippen LogP) is 2.46. The van der Waals surface area contributed by atoms with E-state index in [2.05, 4.69) is 0 Å². The molecule has 1 saturated heterocycles. The molecule has 2 aromatic carbocycles. The fourth-order valence-corrected chi connectivity index (χ4v) is 4.98. The number of sulfonamides is 1. The largest absolute Gasteiger partial charge is 0.507 e. The van der Waals surface area contributed by atoms with Crippen molar-refractivity contribution >= 4 is 15.9 Å². The standard InChI is InChI=1S/C20H24N2O4S/c1-14-5-7-19(16(3)12-14)27(25,26)22-10-8-21(9-11-22)20(24)17-6-4-15(2)13-18(17)23/h4-7,12-13,23H,8-11H2,1-3H3. The summed E-state index contributed by atoms with van der Waals surface area (Å²) in [4.78, 5) is 14.5. The number of phenolic OH excluding ortho intramolecular Hbond substituents is 1. The molecule has 1 heterocycles. The number of amides is 1. The number of hydrogen-bond donors (Lipinski definition) is 1. The molecule has 1 fully saturated rings. The second-order valence-electron chi connectivity index (χ2n) is 6.99. The molecule has 144 valence electrons. The Kier molecular flexibility index (Phi) is 5.26. The van der Waals surface area contributed by atoms with Gasteiger partial charge in [0, 0.05) is 26.2 Å². The number of carbonyl (C=O) groups excluding carboxylic acids is 1. The van der Waals surface area contributed by atoms with Gasteiger partial charge >= 0.3 is 0 Å². The maximum Gasteiger partial charge on any atom is 0.257 e. The Labute approximate surface area is 160 Å². The van der Waals surface area contributed by atoms with Gasteiger partial charge in [-0.25, -0.2) is 8.42 Å². The average molecular weight is 388 g/mol. The van der Waals surface area contributed by atoms with Gasteiger partial charge in [-0.15, -0.1) is 0 Å². The van der Waals surface area contributed by atoms with Crippen LogP contribution in [-0.4, -0.2) is 54.8 Å². The summed E-state index contributed by atoms with van der Waals surface area (Å²) in [5, 5.41) is 10.0. The Morgan fingerprint density at radius 1 is 0.926 bits per heavy atom. The van der Waals surface area contributed by atoms with Gasteiger partial charge in [-0.2, -0.15) is 4.31 Å². The van der Waals surface area contributed by atoms with Crippen molar-refractivity contribution in [2.24, 2.45) is 0 Å². The van der Waals surface area contributed by atoms with Gasteiger partial charge in [0.15, 0.2) is 0 Å². The van der Waals surface area contributed by atoms with Crippen LogP contribution in [-0.2, 0) is 10.0 Å². The van der Waals surface area contributed by atoms with Crippen molar-refractivity contribution in [2.75, 3.05) is 26.2 Å². The fraction of sp³-hybridized carbons (Fsp3) is 0.350. The summed E-state index contributed by atoms with van der Waals surface area (Å²) in [6.45, 7) is 6.59. The van der Waals surface area contributed by atoms with Gasteiger partial charge in [-0.1, -0.05) is 23.8 Å². The highest BCUT2D eigenvalue weighted by Gasteiger charge is 2.31. The first-order valence-electron chi connectivity index (χ1n) is 8.86. The number of nitrogens with zero attached hydrogens (tertiary/aromatic N) is 2. The molecule has 1 N–H and O–H groups in total. The predicted molar refractivity (Wildman–Crippen MR) is 103 cm³/mol. The number of phenols is 1. The normalized spacial score (nSPS) is 15.7. The highest BCUT2D eigenvalue weighted by Crippen LogP contribution is 2.24. The van der Waals surface area contributed by atoms with Crippen LogP contribution in [0.15, 0.2) is 41.3 Å². The average Bonchev–Trinajstić information content (AvgIpc) is 2.61. The molecule has 1 aliphatic rings. The molecule has 0 atom stereocenters. The van der Waals surface area contributed by atoms with Gasteiger partial charge < -0.3 is 10.0 Å². The lowest BCUT2D eigenvalue weighted by atomic mass is 10.1. The lowest BCUT2D eigenvalue weighted by Gasteiger charge is -2.34. The van der Waals surface area contributed by atoms with Gasteiger partial charge in [-0.05, 0) is 50.1 Å². The molecule has 1 amide bonds. The van der Waals surface area contributed by atoms with Gasteiger partial charge in [0.2, 0.25) is 10.0 Å². The van der Waals surface area contributed by atoms with Crippen molar-refractivity contribution in [3.05, 3.63) is 58.7 Å². The molecule has 1 aliphatic heterocycles. The van der Waals surface area contributed by atoms with Crippen LogP contribution >= 0.6 is 0 Å². The van der Waals surface area contributed by atoms with Crippen LogP contribution in [0.5, 0.6) is 5.75 Å². The number of aromatic hydroxyl groups is 1. The SMILES string of the molecule is Cc1ccc(S(=O)(=O)N2CCN(C(=O)c3ccc(C)cc3O)CC2)c(C)c1. The van der Waals surface area contributed by atoms with Gasteiger partial charge in [0.05, 0.1) is 10.5 Å². The maximum absolute atomic E-state index is 12.9. The highest BCUT2D eigenvalue weighted by atomic mass is 32.2. The molecule has 0 saturated carbocycles. The zero-order chi connectivity index (χ0) is 19.8. The van der Waals surface area contributed by atoms with E-state index in [1.807, 2.05) is 19.9 Å². The van der Waals surface area contributed by atoms with Crippen LogP contribution in [0.1, 0.15) is 27.0 Å². The zero-order valence-corrected chi connectivity index (χ0v) is 16.6. The van der Waals surface area contributed by atoms with E-state index in [0.29, 0.717) is 4.90 Å². The minimum atomic E-state index is -3.59. The molecule has 0 aliphatic carbocycles. The van der Waals surface area contributed by atoms with Gasteiger partial charge in [0.1, 0.15) is 5.75 Å². The van der Waals surface area contributed by atoms with Crippen LogP contribution in [0.2, 0.25) is 0 Å². The minimum Gasteiger partial charge on any atom is -0.507 e. The number of rotatable bonds is 3. The Balaban J connectivity index is 1.74. The molecule has 0 aromatic heterocycles. The van der Waals surface area contributed by atoms with E-state index < -0.39 is 10.0 Å². The Bertz CT molecular complexity index is 977. The first-order valence-corrected chi connectivity index (χ1v) is 10.3. The summed E-state index contributed by atoms with van der Waals surface area (Å²) >= 11 is 0. The highest BCUT2D eigenvalue weighted by molar-refractivity contribution is 7.89. The summed E-state index contributed by atoms with van der Waals surface area (Å²) in [5.41, 5.74) is 2.84. The smallest absolute Gasteiger partial charge is 0.257 e. The first-order chi connectivity index (χ1) is 12.7. The molecule has 7 heteroatoms. The van der Waals surface area contributed by atoms with Crippen LogP contribution in [0.3, 0.4) is 0 Å². The van der Waals surface area contributed by atoms with Crippen LogP contribution < -0.4 is 0 Å². The molecule has 6 nitrogen and oxygen atoms in total. The number of piperazine rings is 1. The zero-order valence-electron chi connectivity index (χ0n) is 15.8. The Hall–Kier alpha value is -2.38. The van der Waals surface area contributed by atoms with Crippen molar-refractivity contribution in [2.45, 2.75) is 25.7 Å². The second kappa shape index (κ2) is 7.32. The van der Waals surface area contributed by atoms with E-state index in [9.17, 15) is 18.3 Å². The summed E-state index contributed by atoms with van der Waals surface area (Å²) < 4.78 is 27.3. The third-order valence-electron chi connectivity index (χ3n) is 4.86. The van der Waals surface area contributed by atoms with E-state index in [4.69, 9.17) is 0 Å². The summed E-state index contributed by atoms with van der Waals surface area (Å²) in [7, 11) is -3.59. The third kappa shape index (κ3) is 3.84. The van der Waals surface area contributed by atoms with E-state index in [0.717, 1.165) is 16.7 Å². The van der Waals surface area contributed by atoms with Gasteiger partial charge in [-0.3, -0.25) is 4.79 Å². The van der Waals surface area contributed by atoms with E-state index in [1.54, 1.807) is 42.2 Å². The minimum absolute atomic E-state index is 0.0506. The van der Waals surface area contributed by atoms with Crippen molar-refractivity contribution in [3.63, 3.8) is 0 Å². The van der Waals surface area contributed by atoms with Crippen molar-refractivity contribution in [1.29, 1.82) is 0 Å². The van der Waals surface area contributed by atoms with E-state index in [1.165, 1.54) is 4.31 Å². The van der Waals surface area contributed by atoms with Crippen LogP contribution in [0, 0.1) is 20.8 Å². The lowest BCUT2D eigenvalue weighted by Crippen LogP contribution is -2.50. The summed E-state index contributed by atoms with van der Waals surface area (Å²) in [6, 6.07) is 10.2. The van der Waals surface area contributed by atoms with Crippen LogP contribution in [0.4, 0.5) is 0 Å². The Morgan fingerprint density at radius 2 is 1.52 bits per heavy atom. The summed E-state index contributed by atoms with van der Waals surface area (Å²) in [5.74, 6) is -0.332. The molecular formula is C20H24N2O4S. The molecule has 0 unspecified atom stereocenters. The lowest BCUT2D eigenvalue weighted by molar-refractivity contribution is 0.0695. The summed E-state index contributed by atoms with van der Waals surface area (Å²) in [6.07, 6.45) is 0. The topological polar surface area (TPSA) is 77.9 Å². The third-order valence-corrected chi connectivity index (χ3v) is 6.92. The molecule has 3 rings (SSSR count). The molecular weight excluding hydrogens is 364 g/mol. The van der Waals surface area contributed by atoms with Crippen molar-refractivity contribution < 1.29 is 18.3 Å². The molecule has 0 radical (unpaired) electrons. The van der Waals surface area contributed by atoms with Crippen molar-refractivity contribution in [3.8, 4) is 5.75 Å². The van der Waals surface area contributed by atoms with E-state index in [-0.39, 0.29) is 43.4 Å².